The molecule has 0 atom stereocenters. The number of amides is 2. The van der Waals surface area contributed by atoms with E-state index in [2.05, 4.69) is 58.0 Å². The first-order valence-corrected chi connectivity index (χ1v) is 15.3. The molecule has 0 saturated carbocycles. The molecule has 1 heterocycles. The highest BCUT2D eigenvalue weighted by Crippen LogP contribution is 2.47. The first kappa shape index (κ1) is 26.4. The lowest BCUT2D eigenvalue weighted by Gasteiger charge is -2.32. The fraction of sp³-hybridized carbons (Fsp3) is 0.150. The van der Waals surface area contributed by atoms with Crippen LogP contribution in [0.4, 0.5) is 5.69 Å². The van der Waals surface area contributed by atoms with Crippen molar-refractivity contribution < 1.29 is 14.3 Å². The van der Waals surface area contributed by atoms with Crippen LogP contribution in [0.2, 0.25) is 0 Å². The molecule has 0 aromatic heterocycles. The molecule has 2 amide bonds. The standard InChI is InChI=1S/C40H31NO3/c1-22(2)25-12-8-13-26(23(3)4)38(25)41-39(42)32-18-16-29-27-14-9-15-31-34(44-24-10-6-5-7-11-24)21-20-28(35(27)31)30-17-19-33(40(41)43)37(32)36(29)30/h5-23H,1-4H3. The van der Waals surface area contributed by atoms with Crippen LogP contribution in [0.3, 0.4) is 0 Å². The molecule has 0 saturated heterocycles. The van der Waals surface area contributed by atoms with Gasteiger partial charge in [0, 0.05) is 27.3 Å². The van der Waals surface area contributed by atoms with Crippen molar-refractivity contribution in [1.82, 2.24) is 0 Å². The van der Waals surface area contributed by atoms with E-state index in [9.17, 15) is 9.59 Å². The number of carbonyl (C=O) groups excluding carboxylic acids is 2. The van der Waals surface area contributed by atoms with Gasteiger partial charge in [-0.05, 0) is 86.3 Å². The number of benzene rings is 7. The van der Waals surface area contributed by atoms with Gasteiger partial charge in [0.05, 0.1) is 5.69 Å². The van der Waals surface area contributed by atoms with Crippen molar-refractivity contribution in [3.63, 3.8) is 0 Å². The SMILES string of the molecule is CC(C)c1cccc(C(C)C)c1N1C(=O)c2ccc3c4cccc5c(Oc6ccccc6)ccc(c6ccc(c2c36)C1=O)c54. The van der Waals surface area contributed by atoms with Gasteiger partial charge in [0.25, 0.3) is 11.8 Å². The van der Waals surface area contributed by atoms with Crippen molar-refractivity contribution in [3.05, 3.63) is 125 Å². The maximum absolute atomic E-state index is 14.4. The Balaban J connectivity index is 1.39. The van der Waals surface area contributed by atoms with Crippen molar-refractivity contribution in [3.8, 4) is 11.5 Å². The molecule has 0 aliphatic carbocycles. The van der Waals surface area contributed by atoms with Gasteiger partial charge in [-0.1, -0.05) is 94.4 Å². The molecule has 1 aliphatic heterocycles. The minimum absolute atomic E-state index is 0.147. The average molecular weight is 574 g/mol. The zero-order valence-electron chi connectivity index (χ0n) is 25.1. The summed E-state index contributed by atoms with van der Waals surface area (Å²) in [6.07, 6.45) is 0. The van der Waals surface area contributed by atoms with E-state index in [4.69, 9.17) is 4.74 Å². The second-order valence-electron chi connectivity index (χ2n) is 12.4. The van der Waals surface area contributed by atoms with Crippen LogP contribution in [-0.2, 0) is 0 Å². The molecule has 4 heteroatoms. The Morgan fingerprint density at radius 2 is 1.02 bits per heavy atom. The van der Waals surface area contributed by atoms with Gasteiger partial charge in [-0.25, -0.2) is 4.90 Å². The van der Waals surface area contributed by atoms with Crippen LogP contribution < -0.4 is 9.64 Å². The maximum atomic E-state index is 14.4. The largest absolute Gasteiger partial charge is 0.457 e. The average Bonchev–Trinajstić information content (AvgIpc) is 3.03. The van der Waals surface area contributed by atoms with Crippen LogP contribution >= 0.6 is 0 Å². The molecule has 7 aromatic rings. The molecule has 0 radical (unpaired) electrons. The van der Waals surface area contributed by atoms with E-state index in [1.807, 2.05) is 72.8 Å². The van der Waals surface area contributed by atoms with Crippen molar-refractivity contribution in [2.45, 2.75) is 39.5 Å². The molecular formula is C40H31NO3. The van der Waals surface area contributed by atoms with Crippen LogP contribution in [0.5, 0.6) is 11.5 Å². The summed E-state index contributed by atoms with van der Waals surface area (Å²) in [5.74, 6) is 1.33. The topological polar surface area (TPSA) is 46.6 Å². The highest BCUT2D eigenvalue weighted by atomic mass is 16.5. The summed E-state index contributed by atoms with van der Waals surface area (Å²) in [4.78, 5) is 30.3. The quantitative estimate of drug-likeness (QED) is 0.117. The van der Waals surface area contributed by atoms with Crippen LogP contribution in [0.25, 0.3) is 43.1 Å². The number of hydrogen-bond donors (Lipinski definition) is 0. The molecule has 44 heavy (non-hydrogen) atoms. The molecule has 7 aromatic carbocycles. The lowest BCUT2D eigenvalue weighted by atomic mass is 9.84. The van der Waals surface area contributed by atoms with E-state index in [1.165, 1.54) is 4.90 Å². The van der Waals surface area contributed by atoms with Crippen LogP contribution in [-0.4, -0.2) is 11.8 Å². The number of ether oxygens (including phenoxy) is 1. The van der Waals surface area contributed by atoms with Crippen molar-refractivity contribution in [2.24, 2.45) is 0 Å². The third-order valence-electron chi connectivity index (χ3n) is 9.15. The molecule has 8 rings (SSSR count). The summed E-state index contributed by atoms with van der Waals surface area (Å²) in [6, 6.07) is 34.2. The number of hydrogen-bond acceptors (Lipinski definition) is 3. The highest BCUT2D eigenvalue weighted by Gasteiger charge is 2.38. The third-order valence-corrected chi connectivity index (χ3v) is 9.15. The van der Waals surface area contributed by atoms with Crippen molar-refractivity contribution in [2.75, 3.05) is 4.90 Å². The Kier molecular flexibility index (Phi) is 5.79. The van der Waals surface area contributed by atoms with E-state index in [-0.39, 0.29) is 23.7 Å². The van der Waals surface area contributed by atoms with E-state index in [0.29, 0.717) is 11.1 Å². The summed E-state index contributed by atoms with van der Waals surface area (Å²) in [5, 5.41) is 8.02. The Labute approximate surface area is 255 Å². The molecule has 0 bridgehead atoms. The fourth-order valence-corrected chi connectivity index (χ4v) is 7.14. The van der Waals surface area contributed by atoms with Crippen LogP contribution in [0, 0.1) is 0 Å². The molecule has 1 aliphatic rings. The Hall–Kier alpha value is -5.22. The zero-order valence-corrected chi connectivity index (χ0v) is 25.1. The first-order valence-electron chi connectivity index (χ1n) is 15.3. The smallest absolute Gasteiger partial charge is 0.266 e. The number of anilines is 1. The van der Waals surface area contributed by atoms with Crippen molar-refractivity contribution >= 4 is 60.6 Å². The van der Waals surface area contributed by atoms with Gasteiger partial charge in [-0.15, -0.1) is 0 Å². The Morgan fingerprint density at radius 1 is 0.500 bits per heavy atom. The number of para-hydroxylation sites is 2. The zero-order chi connectivity index (χ0) is 30.3. The summed E-state index contributed by atoms with van der Waals surface area (Å²) in [5.41, 5.74) is 3.86. The van der Waals surface area contributed by atoms with Gasteiger partial charge in [0.15, 0.2) is 0 Å². The predicted molar refractivity (Wildman–Crippen MR) is 180 cm³/mol. The second kappa shape index (κ2) is 9.65. The van der Waals surface area contributed by atoms with E-state index in [0.717, 1.165) is 71.4 Å². The van der Waals surface area contributed by atoms with Gasteiger partial charge < -0.3 is 4.74 Å². The number of nitrogens with zero attached hydrogens (tertiary/aromatic N) is 1. The molecular weight excluding hydrogens is 542 g/mol. The number of fused-ring (bicyclic) bond motifs is 2. The summed E-state index contributed by atoms with van der Waals surface area (Å²) >= 11 is 0. The Bertz CT molecular complexity index is 2200. The summed E-state index contributed by atoms with van der Waals surface area (Å²) in [7, 11) is 0. The molecule has 0 fully saturated rings. The minimum atomic E-state index is -0.267. The Morgan fingerprint density at radius 3 is 1.64 bits per heavy atom. The molecule has 0 N–H and O–H groups in total. The lowest BCUT2D eigenvalue weighted by molar-refractivity contribution is 0.0893. The van der Waals surface area contributed by atoms with Gasteiger partial charge in [-0.2, -0.15) is 0 Å². The molecule has 0 unspecified atom stereocenters. The highest BCUT2D eigenvalue weighted by molar-refractivity contribution is 6.42. The number of rotatable bonds is 5. The molecule has 214 valence electrons. The van der Waals surface area contributed by atoms with E-state index < -0.39 is 0 Å². The lowest BCUT2D eigenvalue weighted by Crippen LogP contribution is -2.41. The van der Waals surface area contributed by atoms with Crippen LogP contribution in [0.15, 0.2) is 103 Å². The first-order chi connectivity index (χ1) is 21.3. The number of imide groups is 1. The van der Waals surface area contributed by atoms with Crippen LogP contribution in [0.1, 0.15) is 71.4 Å². The summed E-state index contributed by atoms with van der Waals surface area (Å²) in [6.45, 7) is 8.43. The summed E-state index contributed by atoms with van der Waals surface area (Å²) < 4.78 is 6.34. The monoisotopic (exact) mass is 573 g/mol. The third kappa shape index (κ3) is 3.64. The predicted octanol–water partition coefficient (Wildman–Crippen LogP) is 10.6. The molecule has 4 nitrogen and oxygen atoms in total. The maximum Gasteiger partial charge on any atom is 0.266 e. The molecule has 0 spiro atoms. The van der Waals surface area contributed by atoms with Gasteiger partial charge in [-0.3, -0.25) is 9.59 Å². The minimum Gasteiger partial charge on any atom is -0.457 e. The van der Waals surface area contributed by atoms with Gasteiger partial charge in [0.2, 0.25) is 0 Å². The van der Waals surface area contributed by atoms with Gasteiger partial charge in [0.1, 0.15) is 11.5 Å². The fourth-order valence-electron chi connectivity index (χ4n) is 7.14. The van der Waals surface area contributed by atoms with Gasteiger partial charge >= 0.3 is 0 Å². The number of carbonyl (C=O) groups is 2. The van der Waals surface area contributed by atoms with Crippen molar-refractivity contribution in [1.29, 1.82) is 0 Å². The normalized spacial score (nSPS) is 13.5. The second-order valence-corrected chi connectivity index (χ2v) is 12.4. The van der Waals surface area contributed by atoms with E-state index in [1.54, 1.807) is 0 Å². The van der Waals surface area contributed by atoms with E-state index >= 15 is 0 Å².